The Bertz CT molecular complexity index is 1450. The molecule has 1 heterocycles. The lowest BCUT2D eigenvalue weighted by Crippen LogP contribution is -2.59. The highest BCUT2D eigenvalue weighted by Gasteiger charge is 2.37. The molecule has 0 saturated carbocycles. The second-order valence-corrected chi connectivity index (χ2v) is 14.5. The maximum absolute atomic E-state index is 13.9. The molecule has 13 nitrogen and oxygen atoms in total. The van der Waals surface area contributed by atoms with Gasteiger partial charge in [0, 0.05) is 19.2 Å². The van der Waals surface area contributed by atoms with Crippen molar-refractivity contribution in [2.75, 3.05) is 33.0 Å². The highest BCUT2D eigenvalue weighted by molar-refractivity contribution is 7.89. The molecule has 1 aliphatic heterocycles. The van der Waals surface area contributed by atoms with Gasteiger partial charge in [0.25, 0.3) is 0 Å². The number of alkyl carbamates (subject to hydrolysis) is 1. The summed E-state index contributed by atoms with van der Waals surface area (Å²) in [6, 6.07) is 11.5. The van der Waals surface area contributed by atoms with Gasteiger partial charge in [-0.15, -0.1) is 0 Å². The average molecular weight is 663 g/mol. The van der Waals surface area contributed by atoms with Crippen molar-refractivity contribution in [1.29, 1.82) is 0 Å². The Morgan fingerprint density at radius 1 is 1.00 bits per heavy atom. The normalized spacial score (nSPS) is 14.8. The number of carbonyl (C=O) groups is 3. The van der Waals surface area contributed by atoms with Crippen LogP contribution < -0.4 is 25.4 Å². The third kappa shape index (κ3) is 10.3. The van der Waals surface area contributed by atoms with Crippen LogP contribution in [0.3, 0.4) is 0 Å². The number of amides is 3. The molecule has 3 amide bonds. The van der Waals surface area contributed by atoms with E-state index in [1.807, 2.05) is 44.2 Å². The Morgan fingerprint density at radius 2 is 1.67 bits per heavy atom. The second kappa shape index (κ2) is 16.1. The average Bonchev–Trinajstić information content (AvgIpc) is 3.46. The van der Waals surface area contributed by atoms with E-state index >= 15 is 0 Å². The van der Waals surface area contributed by atoms with E-state index in [1.165, 1.54) is 22.5 Å². The van der Waals surface area contributed by atoms with E-state index in [9.17, 15) is 27.9 Å². The predicted octanol–water partition coefficient (Wildman–Crippen LogP) is 2.43. The second-order valence-electron chi connectivity index (χ2n) is 12.5. The molecule has 46 heavy (non-hydrogen) atoms. The van der Waals surface area contributed by atoms with Crippen LogP contribution in [-0.2, 0) is 30.8 Å². The molecule has 0 saturated heterocycles. The number of rotatable bonds is 15. The maximum atomic E-state index is 13.9. The molecule has 3 atom stereocenters. The van der Waals surface area contributed by atoms with Crippen molar-refractivity contribution in [3.63, 3.8) is 0 Å². The third-order valence-electron chi connectivity index (χ3n) is 7.13. The summed E-state index contributed by atoms with van der Waals surface area (Å²) in [5.41, 5.74) is 0.0361. The third-order valence-corrected chi connectivity index (χ3v) is 8.96. The molecule has 0 bridgehead atoms. The molecule has 0 aromatic heterocycles. The first-order valence-electron chi connectivity index (χ1n) is 15.2. The number of ether oxygens (including phenoxy) is 3. The van der Waals surface area contributed by atoms with Gasteiger partial charge in [-0.3, -0.25) is 9.59 Å². The van der Waals surface area contributed by atoms with Crippen molar-refractivity contribution in [1.82, 2.24) is 20.3 Å². The van der Waals surface area contributed by atoms with Gasteiger partial charge in [-0.2, -0.15) is 4.31 Å². The zero-order valence-electron chi connectivity index (χ0n) is 27.2. The zero-order valence-corrected chi connectivity index (χ0v) is 28.1. The van der Waals surface area contributed by atoms with E-state index < -0.39 is 58.1 Å². The molecule has 4 N–H and O–H groups in total. The van der Waals surface area contributed by atoms with E-state index in [-0.39, 0.29) is 43.7 Å². The predicted molar refractivity (Wildman–Crippen MR) is 171 cm³/mol. The first kappa shape index (κ1) is 36.6. The molecular formula is C32H46N4O9S. The lowest BCUT2D eigenvalue weighted by atomic mass is 9.85. The van der Waals surface area contributed by atoms with Crippen LogP contribution in [-0.4, -0.2) is 87.0 Å². The largest absolute Gasteiger partial charge is 0.454 e. The SMILES string of the molecule is CCOC(=O)NCC(=O)NC(C(=O)NC(Cc1ccccc1)C(O)CN(CC(C)C)S(=O)(=O)c1ccc2c(c1)OCO2)C(C)(C)C. The number of nitrogens with one attached hydrogen (secondary N) is 3. The molecule has 0 radical (unpaired) electrons. The van der Waals surface area contributed by atoms with Crippen LogP contribution in [0.15, 0.2) is 53.4 Å². The van der Waals surface area contributed by atoms with Gasteiger partial charge in [-0.25, -0.2) is 13.2 Å². The van der Waals surface area contributed by atoms with Crippen molar-refractivity contribution >= 4 is 27.9 Å². The molecular weight excluding hydrogens is 616 g/mol. The molecule has 3 unspecified atom stereocenters. The van der Waals surface area contributed by atoms with Crippen LogP contribution in [0.1, 0.15) is 47.1 Å². The lowest BCUT2D eigenvalue weighted by Gasteiger charge is -2.34. The van der Waals surface area contributed by atoms with E-state index in [4.69, 9.17) is 14.2 Å². The standard InChI is InChI=1S/C32H46N4O9S/c1-7-43-31(40)33-17-28(38)35-29(32(4,5)6)30(39)34-24(15-22-11-9-8-10-12-22)25(37)19-36(18-21(2)3)46(41,42)23-13-14-26-27(16-23)45-20-44-26/h8-14,16,21,24-25,29,37H,7,15,17-20H2,1-6H3,(H,33,40)(H,34,39)(H,35,38). The summed E-state index contributed by atoms with van der Waals surface area (Å²) >= 11 is 0. The number of hydrogen-bond donors (Lipinski definition) is 4. The van der Waals surface area contributed by atoms with Crippen LogP contribution in [0.2, 0.25) is 0 Å². The van der Waals surface area contributed by atoms with Crippen LogP contribution in [0.5, 0.6) is 11.5 Å². The number of aliphatic hydroxyl groups is 1. The summed E-state index contributed by atoms with van der Waals surface area (Å²) in [4.78, 5) is 38.1. The molecule has 254 valence electrons. The van der Waals surface area contributed by atoms with E-state index in [2.05, 4.69) is 16.0 Å². The zero-order chi connectivity index (χ0) is 34.1. The van der Waals surface area contributed by atoms with Crippen molar-refractivity contribution in [2.45, 2.75) is 71.0 Å². The summed E-state index contributed by atoms with van der Waals surface area (Å²) in [7, 11) is -4.10. The van der Waals surface area contributed by atoms with Gasteiger partial charge in [0.15, 0.2) is 11.5 Å². The van der Waals surface area contributed by atoms with Gasteiger partial charge in [0.1, 0.15) is 12.6 Å². The Labute approximate surface area is 271 Å². The maximum Gasteiger partial charge on any atom is 0.407 e. The quantitative estimate of drug-likeness (QED) is 0.224. The first-order chi connectivity index (χ1) is 21.6. The van der Waals surface area contributed by atoms with Crippen LogP contribution in [0.4, 0.5) is 4.79 Å². The summed E-state index contributed by atoms with van der Waals surface area (Å²) in [6.07, 6.45) is -1.92. The minimum atomic E-state index is -4.10. The summed E-state index contributed by atoms with van der Waals surface area (Å²) < 4.78 is 44.4. The lowest BCUT2D eigenvalue weighted by molar-refractivity contribution is -0.132. The summed E-state index contributed by atoms with van der Waals surface area (Å²) in [6.45, 7) is 10.2. The first-order valence-corrected chi connectivity index (χ1v) is 16.7. The number of aliphatic hydroxyl groups excluding tert-OH is 1. The highest BCUT2D eigenvalue weighted by atomic mass is 32.2. The number of hydrogen-bond acceptors (Lipinski definition) is 9. The van der Waals surface area contributed by atoms with Crippen LogP contribution in [0, 0.1) is 11.3 Å². The fourth-order valence-corrected chi connectivity index (χ4v) is 6.48. The highest BCUT2D eigenvalue weighted by Crippen LogP contribution is 2.35. The van der Waals surface area contributed by atoms with Crippen molar-refractivity contribution in [3.05, 3.63) is 54.1 Å². The minimum absolute atomic E-state index is 0.00789. The van der Waals surface area contributed by atoms with E-state index in [1.54, 1.807) is 27.7 Å². The molecule has 3 rings (SSSR count). The summed E-state index contributed by atoms with van der Waals surface area (Å²) in [5, 5.41) is 19.5. The fraction of sp³-hybridized carbons (Fsp3) is 0.531. The molecule has 0 spiro atoms. The minimum Gasteiger partial charge on any atom is -0.454 e. The number of fused-ring (bicyclic) bond motifs is 1. The monoisotopic (exact) mass is 662 g/mol. The fourth-order valence-electron chi connectivity index (χ4n) is 4.84. The van der Waals surface area contributed by atoms with Gasteiger partial charge in [-0.05, 0) is 42.4 Å². The number of benzene rings is 2. The number of carbonyl (C=O) groups excluding carboxylic acids is 3. The van der Waals surface area contributed by atoms with Gasteiger partial charge in [0.05, 0.1) is 23.6 Å². The molecule has 2 aromatic rings. The molecule has 0 fully saturated rings. The van der Waals surface area contributed by atoms with Crippen molar-refractivity contribution in [2.24, 2.45) is 11.3 Å². The Hall–Kier alpha value is -3.88. The van der Waals surface area contributed by atoms with E-state index in [0.717, 1.165) is 5.56 Å². The van der Waals surface area contributed by atoms with Crippen molar-refractivity contribution < 1.29 is 42.1 Å². The van der Waals surface area contributed by atoms with Gasteiger partial charge >= 0.3 is 6.09 Å². The topological polar surface area (TPSA) is 173 Å². The van der Waals surface area contributed by atoms with Crippen molar-refractivity contribution in [3.8, 4) is 11.5 Å². The Kier molecular flexibility index (Phi) is 12.8. The molecule has 14 heteroatoms. The van der Waals surface area contributed by atoms with Crippen LogP contribution in [0.25, 0.3) is 0 Å². The molecule has 2 aromatic carbocycles. The summed E-state index contributed by atoms with van der Waals surface area (Å²) in [5.74, 6) is -0.515. The van der Waals surface area contributed by atoms with E-state index in [0.29, 0.717) is 11.5 Å². The van der Waals surface area contributed by atoms with Gasteiger partial charge in [-0.1, -0.05) is 65.0 Å². The Balaban J connectivity index is 1.86. The van der Waals surface area contributed by atoms with Gasteiger partial charge in [0.2, 0.25) is 28.6 Å². The van der Waals surface area contributed by atoms with Gasteiger partial charge < -0.3 is 35.3 Å². The Morgan fingerprint density at radius 3 is 2.30 bits per heavy atom. The number of nitrogens with zero attached hydrogens (tertiary/aromatic N) is 1. The van der Waals surface area contributed by atoms with Crippen LogP contribution >= 0.6 is 0 Å². The molecule has 0 aliphatic carbocycles. The molecule has 1 aliphatic rings. The number of sulfonamides is 1. The smallest absolute Gasteiger partial charge is 0.407 e.